The second-order valence-corrected chi connectivity index (χ2v) is 6.49. The molecule has 0 spiro atoms. The third-order valence-electron chi connectivity index (χ3n) is 1.88. The maximum atomic E-state index is 10.4. The molecule has 7 heteroatoms. The number of nitro groups is 1. The van der Waals surface area contributed by atoms with E-state index in [1.165, 1.54) is 0 Å². The first-order valence-electron chi connectivity index (χ1n) is 4.97. The lowest BCUT2D eigenvalue weighted by atomic mass is 10.1. The summed E-state index contributed by atoms with van der Waals surface area (Å²) >= 11 is 16.9. The van der Waals surface area contributed by atoms with Crippen LogP contribution in [-0.4, -0.2) is 27.5 Å². The Balaban J connectivity index is 4.37. The molecule has 0 saturated carbocycles. The van der Waals surface area contributed by atoms with Crippen molar-refractivity contribution in [1.29, 1.82) is 0 Å². The molecule has 0 fully saturated rings. The minimum Gasteiger partial charge on any atom is -0.364 e. The molecular weight excluding hydrogens is 276 g/mol. The van der Waals surface area contributed by atoms with E-state index in [1.54, 1.807) is 0 Å². The molecule has 0 aliphatic heterocycles. The summed E-state index contributed by atoms with van der Waals surface area (Å²) in [4.78, 5) is 9.86. The highest BCUT2D eigenvalue weighted by Crippen LogP contribution is 2.33. The fourth-order valence-corrected chi connectivity index (χ4v) is 1.72. The Hall–Kier alpha value is 0.230. The van der Waals surface area contributed by atoms with Crippen LogP contribution >= 0.6 is 34.8 Å². The summed E-state index contributed by atoms with van der Waals surface area (Å²) in [6.45, 7) is 5.34. The predicted octanol–water partition coefficient (Wildman–Crippen LogP) is 3.45. The summed E-state index contributed by atoms with van der Waals surface area (Å²) in [6.07, 6.45) is -0.448. The van der Waals surface area contributed by atoms with Crippen LogP contribution in [0.2, 0.25) is 0 Å². The smallest absolute Gasteiger partial charge is 0.233 e. The van der Waals surface area contributed by atoms with E-state index in [0.29, 0.717) is 5.92 Å². The van der Waals surface area contributed by atoms with Crippen molar-refractivity contribution < 1.29 is 9.66 Å². The normalized spacial score (nSPS) is 16.2. The Morgan fingerprint density at radius 1 is 1.31 bits per heavy atom. The van der Waals surface area contributed by atoms with E-state index < -0.39 is 21.4 Å². The van der Waals surface area contributed by atoms with Gasteiger partial charge < -0.3 is 4.74 Å². The zero-order chi connectivity index (χ0) is 12.9. The molecule has 0 aliphatic carbocycles. The van der Waals surface area contributed by atoms with Gasteiger partial charge >= 0.3 is 0 Å². The Kier molecular flexibility index (Phi) is 6.94. The quantitative estimate of drug-likeness (QED) is 0.428. The molecular formula is C9H16Cl3NO3. The largest absolute Gasteiger partial charge is 0.364 e. The van der Waals surface area contributed by atoms with Crippen LogP contribution in [0.4, 0.5) is 0 Å². The molecule has 0 N–H and O–H groups in total. The summed E-state index contributed by atoms with van der Waals surface area (Å²) < 4.78 is 3.62. The van der Waals surface area contributed by atoms with Gasteiger partial charge in [-0.05, 0) is 19.3 Å². The van der Waals surface area contributed by atoms with Crippen molar-refractivity contribution in [2.45, 2.75) is 43.2 Å². The van der Waals surface area contributed by atoms with Crippen LogP contribution in [0.5, 0.6) is 0 Å². The van der Waals surface area contributed by atoms with E-state index in [0.717, 1.165) is 6.42 Å². The van der Waals surface area contributed by atoms with Gasteiger partial charge in [-0.25, -0.2) is 0 Å². The van der Waals surface area contributed by atoms with Gasteiger partial charge in [-0.2, -0.15) is 0 Å². The van der Waals surface area contributed by atoms with Gasteiger partial charge in [0.25, 0.3) is 0 Å². The molecule has 16 heavy (non-hydrogen) atoms. The monoisotopic (exact) mass is 291 g/mol. The number of hydrogen-bond donors (Lipinski definition) is 0. The lowest BCUT2D eigenvalue weighted by molar-refractivity contribution is -0.492. The van der Waals surface area contributed by atoms with E-state index in [2.05, 4.69) is 0 Å². The zero-order valence-electron chi connectivity index (χ0n) is 9.45. The van der Waals surface area contributed by atoms with Crippen molar-refractivity contribution >= 4 is 34.8 Å². The fraction of sp³-hybridized carbons (Fsp3) is 1.00. The standard InChI is InChI=1S/C9H16Cl3NO3/c1-6(2)4-7(3)16-8(5-13(14)15)9(10,11)12/h6-8H,4-5H2,1-3H3/t7-,8-/m0/s1. The van der Waals surface area contributed by atoms with Crippen LogP contribution in [-0.2, 0) is 4.74 Å². The Labute approximate surface area is 110 Å². The van der Waals surface area contributed by atoms with Gasteiger partial charge in [0, 0.05) is 4.92 Å². The average Bonchev–Trinajstić information content (AvgIpc) is 1.98. The topological polar surface area (TPSA) is 52.4 Å². The van der Waals surface area contributed by atoms with Gasteiger partial charge in [-0.15, -0.1) is 0 Å². The Morgan fingerprint density at radius 2 is 1.81 bits per heavy atom. The molecule has 0 unspecified atom stereocenters. The lowest BCUT2D eigenvalue weighted by Crippen LogP contribution is -2.38. The molecule has 96 valence electrons. The highest BCUT2D eigenvalue weighted by Gasteiger charge is 2.38. The van der Waals surface area contributed by atoms with Gasteiger partial charge in [0.15, 0.2) is 6.10 Å². The van der Waals surface area contributed by atoms with E-state index in [1.807, 2.05) is 20.8 Å². The van der Waals surface area contributed by atoms with E-state index in [-0.39, 0.29) is 6.10 Å². The second-order valence-electron chi connectivity index (χ2n) is 4.12. The molecule has 0 amide bonds. The fourth-order valence-electron chi connectivity index (χ4n) is 1.36. The van der Waals surface area contributed by atoms with Crippen LogP contribution in [0.3, 0.4) is 0 Å². The van der Waals surface area contributed by atoms with Gasteiger partial charge in [-0.1, -0.05) is 48.7 Å². The molecule has 0 aromatic rings. The third-order valence-corrected chi connectivity index (χ3v) is 2.61. The first-order valence-corrected chi connectivity index (χ1v) is 6.10. The SMILES string of the molecule is CC(C)C[C@H](C)O[C@@H](C[N+](=O)[O-])C(Cl)(Cl)Cl. The van der Waals surface area contributed by atoms with Crippen molar-refractivity contribution in [2.75, 3.05) is 6.54 Å². The van der Waals surface area contributed by atoms with Crippen molar-refractivity contribution in [1.82, 2.24) is 0 Å². The number of hydrogen-bond acceptors (Lipinski definition) is 3. The Bertz CT molecular complexity index is 231. The highest BCUT2D eigenvalue weighted by atomic mass is 35.6. The number of nitrogens with zero attached hydrogens (tertiary/aromatic N) is 1. The van der Waals surface area contributed by atoms with Gasteiger partial charge in [-0.3, -0.25) is 10.1 Å². The summed E-state index contributed by atoms with van der Waals surface area (Å²) in [5, 5.41) is 10.4. The maximum Gasteiger partial charge on any atom is 0.233 e. The maximum absolute atomic E-state index is 10.4. The summed E-state index contributed by atoms with van der Waals surface area (Å²) in [5.74, 6) is 0.418. The molecule has 4 nitrogen and oxygen atoms in total. The highest BCUT2D eigenvalue weighted by molar-refractivity contribution is 6.68. The van der Waals surface area contributed by atoms with E-state index in [4.69, 9.17) is 39.5 Å². The second kappa shape index (κ2) is 6.84. The summed E-state index contributed by atoms with van der Waals surface area (Å²) in [7, 11) is 0. The number of rotatable bonds is 6. The molecule has 0 radical (unpaired) electrons. The van der Waals surface area contributed by atoms with Crippen molar-refractivity contribution in [3.63, 3.8) is 0 Å². The van der Waals surface area contributed by atoms with Crippen LogP contribution < -0.4 is 0 Å². The van der Waals surface area contributed by atoms with Crippen LogP contribution in [0, 0.1) is 16.0 Å². The van der Waals surface area contributed by atoms with Gasteiger partial charge in [0.2, 0.25) is 10.3 Å². The molecule has 0 bridgehead atoms. The molecule has 0 aromatic carbocycles. The lowest BCUT2D eigenvalue weighted by Gasteiger charge is -2.25. The van der Waals surface area contributed by atoms with Crippen LogP contribution in [0.15, 0.2) is 0 Å². The minimum atomic E-state index is -1.78. The molecule has 0 heterocycles. The van der Waals surface area contributed by atoms with Gasteiger partial charge in [0.05, 0.1) is 6.10 Å². The Morgan fingerprint density at radius 3 is 2.12 bits per heavy atom. The van der Waals surface area contributed by atoms with E-state index >= 15 is 0 Å². The summed E-state index contributed by atoms with van der Waals surface area (Å²) in [5.41, 5.74) is 0. The van der Waals surface area contributed by atoms with Gasteiger partial charge in [0.1, 0.15) is 0 Å². The number of ether oxygens (including phenoxy) is 1. The van der Waals surface area contributed by atoms with Crippen LogP contribution in [0.25, 0.3) is 0 Å². The minimum absolute atomic E-state index is 0.180. The molecule has 0 rings (SSSR count). The molecule has 0 aromatic heterocycles. The number of halogens is 3. The third kappa shape index (κ3) is 7.49. The first-order chi connectivity index (χ1) is 7.12. The van der Waals surface area contributed by atoms with Crippen molar-refractivity contribution in [2.24, 2.45) is 5.92 Å². The number of alkyl halides is 3. The first kappa shape index (κ1) is 16.2. The molecule has 0 aliphatic rings. The molecule has 0 saturated heterocycles. The molecule has 2 atom stereocenters. The summed E-state index contributed by atoms with van der Waals surface area (Å²) in [6, 6.07) is 0. The van der Waals surface area contributed by atoms with E-state index in [9.17, 15) is 10.1 Å². The average molecular weight is 293 g/mol. The zero-order valence-corrected chi connectivity index (χ0v) is 11.7. The predicted molar refractivity (Wildman–Crippen MR) is 65.9 cm³/mol. The van der Waals surface area contributed by atoms with Crippen molar-refractivity contribution in [3.05, 3.63) is 10.1 Å². The van der Waals surface area contributed by atoms with Crippen LogP contribution in [0.1, 0.15) is 27.2 Å². The van der Waals surface area contributed by atoms with Crippen molar-refractivity contribution in [3.8, 4) is 0 Å².